The van der Waals surface area contributed by atoms with E-state index in [0.29, 0.717) is 0 Å². The average Bonchev–Trinajstić information content (AvgIpc) is 2.90. The van der Waals surface area contributed by atoms with Crippen LogP contribution in [0.1, 0.15) is 116 Å². The second-order valence-corrected chi connectivity index (χ2v) is 15.2. The fraction of sp³-hybridized carbons (Fsp3) is 0.684. The van der Waals surface area contributed by atoms with Crippen molar-refractivity contribution in [3.05, 3.63) is 70.8 Å². The molecule has 2 unspecified atom stereocenters. The molecule has 2 atom stereocenters. The standard InChI is InChI=1S/2C19H31N/c2*1-16(15-20-12-6-5-7-13-20)14-17-8-10-18(11-9-17)19(2,3)4/h2*8-11,16H,5-7,12-15H2,1-4H3. The molecule has 0 aromatic heterocycles. The van der Waals surface area contributed by atoms with Crippen LogP contribution in [0, 0.1) is 11.8 Å². The molecular weight excluding hydrogens is 484 g/mol. The minimum atomic E-state index is 0.262. The SMILES string of the molecule is CC(Cc1ccc(C(C)(C)C)cc1)CN1CCCCC1.CC(Cc1ccc(C(C)(C)C)cc1)CN1CCCCC1. The van der Waals surface area contributed by atoms with E-state index in [2.05, 4.69) is 114 Å². The van der Waals surface area contributed by atoms with Gasteiger partial charge in [-0.25, -0.2) is 0 Å². The summed E-state index contributed by atoms with van der Waals surface area (Å²) in [6, 6.07) is 18.5. The van der Waals surface area contributed by atoms with Gasteiger partial charge in [0.15, 0.2) is 0 Å². The molecule has 2 aliphatic heterocycles. The predicted molar refractivity (Wildman–Crippen MR) is 177 cm³/mol. The Morgan fingerprint density at radius 1 is 0.500 bits per heavy atom. The van der Waals surface area contributed by atoms with E-state index in [4.69, 9.17) is 0 Å². The van der Waals surface area contributed by atoms with Crippen LogP contribution in [0.15, 0.2) is 48.5 Å². The topological polar surface area (TPSA) is 6.48 Å². The van der Waals surface area contributed by atoms with Crippen molar-refractivity contribution in [2.45, 2.75) is 118 Å². The molecule has 0 N–H and O–H groups in total. The number of hydrogen-bond acceptors (Lipinski definition) is 2. The molecule has 224 valence electrons. The van der Waals surface area contributed by atoms with E-state index >= 15 is 0 Å². The Morgan fingerprint density at radius 2 is 0.800 bits per heavy atom. The van der Waals surface area contributed by atoms with Gasteiger partial charge in [-0.3, -0.25) is 0 Å². The molecule has 2 aliphatic rings. The first-order valence-corrected chi connectivity index (χ1v) is 16.5. The van der Waals surface area contributed by atoms with Crippen LogP contribution >= 0.6 is 0 Å². The van der Waals surface area contributed by atoms with Crippen molar-refractivity contribution in [3.63, 3.8) is 0 Å². The van der Waals surface area contributed by atoms with Gasteiger partial charge >= 0.3 is 0 Å². The first-order valence-electron chi connectivity index (χ1n) is 16.5. The normalized spacial score (nSPS) is 19.0. The summed E-state index contributed by atoms with van der Waals surface area (Å²) in [6.45, 7) is 26.2. The third kappa shape index (κ3) is 11.7. The summed E-state index contributed by atoms with van der Waals surface area (Å²) < 4.78 is 0. The van der Waals surface area contributed by atoms with Crippen molar-refractivity contribution >= 4 is 0 Å². The van der Waals surface area contributed by atoms with Crippen LogP contribution in [0.2, 0.25) is 0 Å². The van der Waals surface area contributed by atoms with Crippen LogP contribution in [-0.2, 0) is 23.7 Å². The molecule has 2 nitrogen and oxygen atoms in total. The smallest absolute Gasteiger partial charge is 0.00102 e. The van der Waals surface area contributed by atoms with Gasteiger partial charge in [0.1, 0.15) is 0 Å². The zero-order chi connectivity index (χ0) is 29.2. The van der Waals surface area contributed by atoms with Crippen molar-refractivity contribution in [2.75, 3.05) is 39.3 Å². The zero-order valence-electron chi connectivity index (χ0n) is 27.6. The van der Waals surface area contributed by atoms with Crippen LogP contribution in [0.3, 0.4) is 0 Å². The van der Waals surface area contributed by atoms with E-state index in [-0.39, 0.29) is 10.8 Å². The number of piperidine rings is 2. The molecule has 40 heavy (non-hydrogen) atoms. The second-order valence-electron chi connectivity index (χ2n) is 15.2. The Hall–Kier alpha value is -1.64. The number of nitrogens with zero attached hydrogens (tertiary/aromatic N) is 2. The van der Waals surface area contributed by atoms with Gasteiger partial charge in [-0.1, -0.05) is 117 Å². The van der Waals surface area contributed by atoms with Gasteiger partial charge in [0.05, 0.1) is 0 Å². The third-order valence-electron chi connectivity index (χ3n) is 8.85. The highest BCUT2D eigenvalue weighted by atomic mass is 15.1. The Balaban J connectivity index is 0.000000220. The number of likely N-dealkylation sites (tertiary alicyclic amines) is 2. The minimum Gasteiger partial charge on any atom is -0.303 e. The highest BCUT2D eigenvalue weighted by molar-refractivity contribution is 5.28. The van der Waals surface area contributed by atoms with E-state index in [1.807, 2.05) is 0 Å². The largest absolute Gasteiger partial charge is 0.303 e. The van der Waals surface area contributed by atoms with Gasteiger partial charge in [0.2, 0.25) is 0 Å². The Bertz CT molecular complexity index is 867. The maximum absolute atomic E-state index is 2.65. The summed E-state index contributed by atoms with van der Waals surface area (Å²) in [7, 11) is 0. The molecule has 2 heteroatoms. The van der Waals surface area contributed by atoms with Crippen LogP contribution in [0.4, 0.5) is 0 Å². The van der Waals surface area contributed by atoms with Crippen LogP contribution in [-0.4, -0.2) is 49.1 Å². The van der Waals surface area contributed by atoms with Gasteiger partial charge in [0.25, 0.3) is 0 Å². The molecule has 0 aliphatic carbocycles. The summed E-state index contributed by atoms with van der Waals surface area (Å²) >= 11 is 0. The zero-order valence-corrected chi connectivity index (χ0v) is 27.6. The lowest BCUT2D eigenvalue weighted by Crippen LogP contribution is -2.34. The molecule has 2 fully saturated rings. The van der Waals surface area contributed by atoms with Gasteiger partial charge in [-0.05, 0) is 110 Å². The molecule has 0 radical (unpaired) electrons. The summed E-state index contributed by atoms with van der Waals surface area (Å²) in [6.07, 6.45) is 10.9. The second kappa shape index (κ2) is 15.5. The van der Waals surface area contributed by atoms with Crippen LogP contribution in [0.5, 0.6) is 0 Å². The first kappa shape index (κ1) is 32.9. The Kier molecular flexibility index (Phi) is 12.8. The maximum atomic E-state index is 2.65. The summed E-state index contributed by atoms with van der Waals surface area (Å²) in [5, 5.41) is 0. The number of benzene rings is 2. The minimum absolute atomic E-state index is 0.262. The third-order valence-corrected chi connectivity index (χ3v) is 8.85. The molecule has 2 saturated heterocycles. The molecule has 0 bridgehead atoms. The Labute approximate surface area is 248 Å². The fourth-order valence-electron chi connectivity index (χ4n) is 6.38. The molecule has 2 aromatic rings. The number of hydrogen-bond donors (Lipinski definition) is 0. The van der Waals surface area contributed by atoms with Crippen molar-refractivity contribution < 1.29 is 0 Å². The van der Waals surface area contributed by atoms with E-state index < -0.39 is 0 Å². The highest BCUT2D eigenvalue weighted by Gasteiger charge is 2.17. The van der Waals surface area contributed by atoms with Crippen LogP contribution < -0.4 is 0 Å². The average molecular weight is 547 g/mol. The quantitative estimate of drug-likeness (QED) is 0.325. The first-order chi connectivity index (χ1) is 18.9. The number of rotatable bonds is 8. The van der Waals surface area contributed by atoms with Gasteiger partial charge < -0.3 is 9.80 Å². The fourth-order valence-corrected chi connectivity index (χ4v) is 6.38. The van der Waals surface area contributed by atoms with Crippen molar-refractivity contribution in [3.8, 4) is 0 Å². The summed E-state index contributed by atoms with van der Waals surface area (Å²) in [4.78, 5) is 5.30. The monoisotopic (exact) mass is 546 g/mol. The van der Waals surface area contributed by atoms with Crippen molar-refractivity contribution in [1.82, 2.24) is 9.80 Å². The molecule has 4 rings (SSSR count). The molecule has 0 amide bonds. The van der Waals surface area contributed by atoms with Crippen molar-refractivity contribution in [2.24, 2.45) is 11.8 Å². The Morgan fingerprint density at radius 3 is 1.07 bits per heavy atom. The highest BCUT2D eigenvalue weighted by Crippen LogP contribution is 2.24. The lowest BCUT2D eigenvalue weighted by molar-refractivity contribution is 0.200. The van der Waals surface area contributed by atoms with Gasteiger partial charge in [-0.15, -0.1) is 0 Å². The van der Waals surface area contributed by atoms with Crippen LogP contribution in [0.25, 0.3) is 0 Å². The predicted octanol–water partition coefficient (Wildman–Crippen LogP) is 9.30. The van der Waals surface area contributed by atoms with E-state index in [1.165, 1.54) is 113 Å². The molecule has 2 aromatic carbocycles. The summed E-state index contributed by atoms with van der Waals surface area (Å²) in [5.41, 5.74) is 6.37. The lowest BCUT2D eigenvalue weighted by Gasteiger charge is -2.29. The molecule has 0 saturated carbocycles. The maximum Gasteiger partial charge on any atom is 0.00102 e. The van der Waals surface area contributed by atoms with E-state index in [0.717, 1.165) is 11.8 Å². The van der Waals surface area contributed by atoms with E-state index in [9.17, 15) is 0 Å². The summed E-state index contributed by atoms with van der Waals surface area (Å²) in [5.74, 6) is 1.52. The van der Waals surface area contributed by atoms with Crippen molar-refractivity contribution in [1.29, 1.82) is 0 Å². The lowest BCUT2D eigenvalue weighted by atomic mass is 9.86. The van der Waals surface area contributed by atoms with E-state index in [1.54, 1.807) is 0 Å². The van der Waals surface area contributed by atoms with Gasteiger partial charge in [-0.2, -0.15) is 0 Å². The molecule has 0 spiro atoms. The molecular formula is C38H62N2. The molecule has 2 heterocycles. The van der Waals surface area contributed by atoms with Gasteiger partial charge in [0, 0.05) is 13.1 Å².